The Morgan fingerprint density at radius 2 is 2.27 bits per heavy atom. The van der Waals surface area contributed by atoms with Crippen LogP contribution >= 0.6 is 0 Å². The topological polar surface area (TPSA) is 77.0 Å². The van der Waals surface area contributed by atoms with Gasteiger partial charge in [-0.2, -0.15) is 4.68 Å². The fraction of sp³-hybridized carbons (Fsp3) is 0.667. The third-order valence-electron chi connectivity index (χ3n) is 1.50. The van der Waals surface area contributed by atoms with Gasteiger partial charge in [-0.15, -0.1) is 5.10 Å². The van der Waals surface area contributed by atoms with E-state index < -0.39 is 0 Å². The minimum Gasteiger partial charge on any atom is -0.478 e. The highest BCUT2D eigenvalue weighted by Gasteiger charge is 2.05. The van der Waals surface area contributed by atoms with Crippen LogP contribution in [0.1, 0.15) is 25.6 Å². The summed E-state index contributed by atoms with van der Waals surface area (Å²) >= 11 is 0. The zero-order chi connectivity index (χ0) is 8.27. The second kappa shape index (κ2) is 3.23. The number of unbranched alkanes of at least 4 members (excludes halogenated alkanes) is 1. The molecule has 3 N–H and O–H groups in total. The lowest BCUT2D eigenvalue weighted by Gasteiger charge is -1.97. The lowest BCUT2D eigenvalue weighted by Crippen LogP contribution is -2.11. The monoisotopic (exact) mass is 156 g/mol. The molecule has 1 rings (SSSR count). The van der Waals surface area contributed by atoms with E-state index in [4.69, 9.17) is 10.9 Å². The summed E-state index contributed by atoms with van der Waals surface area (Å²) in [7, 11) is 0. The third kappa shape index (κ3) is 1.60. The number of nitrogens with two attached hydrogens (primary N) is 1. The van der Waals surface area contributed by atoms with Gasteiger partial charge in [0, 0.05) is 6.42 Å². The number of aromatic hydroxyl groups is 1. The van der Waals surface area contributed by atoms with Crippen LogP contribution in [0.15, 0.2) is 0 Å². The first-order valence-corrected chi connectivity index (χ1v) is 3.64. The number of hydrogen-bond donors (Lipinski definition) is 2. The third-order valence-corrected chi connectivity index (χ3v) is 1.50. The first-order chi connectivity index (χ1) is 5.25. The summed E-state index contributed by atoms with van der Waals surface area (Å²) in [5.74, 6) is 6.01. The first kappa shape index (κ1) is 7.84. The van der Waals surface area contributed by atoms with E-state index in [1.54, 1.807) is 0 Å². The lowest BCUT2D eigenvalue weighted by molar-refractivity contribution is 0.413. The van der Waals surface area contributed by atoms with Crippen LogP contribution in [0.3, 0.4) is 0 Å². The van der Waals surface area contributed by atoms with E-state index in [9.17, 15) is 0 Å². The molecule has 62 valence electrons. The molecule has 5 nitrogen and oxygen atoms in total. The predicted octanol–water partition coefficient (Wildman–Crippen LogP) is 0.0401. The fourth-order valence-corrected chi connectivity index (χ4v) is 0.820. The van der Waals surface area contributed by atoms with Gasteiger partial charge in [0.2, 0.25) is 0 Å². The molecule has 0 spiro atoms. The quantitative estimate of drug-likeness (QED) is 0.606. The summed E-state index contributed by atoms with van der Waals surface area (Å²) in [6.07, 6.45) is 2.85. The molecule has 0 atom stereocenters. The average molecular weight is 156 g/mol. The molecule has 11 heavy (non-hydrogen) atoms. The molecule has 0 bridgehead atoms. The average Bonchev–Trinajstić information content (AvgIpc) is 2.31. The fourth-order valence-electron chi connectivity index (χ4n) is 0.820. The van der Waals surface area contributed by atoms with Crippen molar-refractivity contribution in [3.63, 3.8) is 0 Å². The molecule has 0 saturated heterocycles. The molecule has 0 amide bonds. The normalized spacial score (nSPS) is 10.3. The molecule has 5 heteroatoms. The van der Waals surface area contributed by atoms with Crippen LogP contribution in [-0.2, 0) is 6.42 Å². The van der Waals surface area contributed by atoms with Crippen LogP contribution in [0.2, 0.25) is 0 Å². The van der Waals surface area contributed by atoms with Gasteiger partial charge in [-0.05, 0) is 6.42 Å². The summed E-state index contributed by atoms with van der Waals surface area (Å²) in [6, 6.07) is -0.226. The van der Waals surface area contributed by atoms with Crippen molar-refractivity contribution >= 4 is 0 Å². The van der Waals surface area contributed by atoms with Crippen molar-refractivity contribution in [1.82, 2.24) is 14.9 Å². The molecular formula is C6H12N4O. The van der Waals surface area contributed by atoms with Crippen molar-refractivity contribution in [3.05, 3.63) is 5.82 Å². The van der Waals surface area contributed by atoms with Crippen LogP contribution in [-0.4, -0.2) is 20.0 Å². The highest BCUT2D eigenvalue weighted by molar-refractivity contribution is 4.98. The van der Waals surface area contributed by atoms with Crippen molar-refractivity contribution in [3.8, 4) is 6.01 Å². The number of aryl methyl sites for hydroxylation is 1. The lowest BCUT2D eigenvalue weighted by atomic mass is 10.2. The van der Waals surface area contributed by atoms with Crippen LogP contribution < -0.4 is 5.84 Å². The second-order valence-electron chi connectivity index (χ2n) is 2.39. The van der Waals surface area contributed by atoms with Gasteiger partial charge < -0.3 is 10.9 Å². The second-order valence-corrected chi connectivity index (χ2v) is 2.39. The van der Waals surface area contributed by atoms with Crippen molar-refractivity contribution in [1.29, 1.82) is 0 Å². The number of aromatic nitrogens is 3. The zero-order valence-electron chi connectivity index (χ0n) is 6.49. The van der Waals surface area contributed by atoms with E-state index in [0.717, 1.165) is 23.9 Å². The molecule has 0 fully saturated rings. The highest BCUT2D eigenvalue weighted by atomic mass is 16.3. The first-order valence-electron chi connectivity index (χ1n) is 3.64. The Balaban J connectivity index is 2.63. The SMILES string of the molecule is CCCCc1nnc(O)n1N. The number of hydrogen-bond acceptors (Lipinski definition) is 4. The van der Waals surface area contributed by atoms with E-state index in [0.29, 0.717) is 5.82 Å². The Morgan fingerprint density at radius 1 is 1.55 bits per heavy atom. The summed E-state index contributed by atoms with van der Waals surface area (Å²) in [6.45, 7) is 2.08. The van der Waals surface area contributed by atoms with E-state index in [1.807, 2.05) is 0 Å². The molecule has 0 aliphatic carbocycles. The summed E-state index contributed by atoms with van der Waals surface area (Å²) in [5, 5.41) is 16.0. The molecule has 0 aliphatic rings. The number of rotatable bonds is 3. The number of nitrogen functional groups attached to an aromatic ring is 1. The summed E-state index contributed by atoms with van der Waals surface area (Å²) < 4.78 is 1.11. The van der Waals surface area contributed by atoms with Crippen LogP contribution in [0.4, 0.5) is 0 Å². The molecule has 1 aromatic heterocycles. The molecule has 0 unspecified atom stereocenters. The maximum atomic E-state index is 8.90. The van der Waals surface area contributed by atoms with Crippen LogP contribution in [0.5, 0.6) is 6.01 Å². The highest BCUT2D eigenvalue weighted by Crippen LogP contribution is 2.05. The smallest absolute Gasteiger partial charge is 0.333 e. The molecule has 1 heterocycles. The Morgan fingerprint density at radius 3 is 2.73 bits per heavy atom. The minimum absolute atomic E-state index is 0.226. The van der Waals surface area contributed by atoms with Gasteiger partial charge >= 0.3 is 6.01 Å². The van der Waals surface area contributed by atoms with E-state index in [1.165, 1.54) is 0 Å². The van der Waals surface area contributed by atoms with Gasteiger partial charge in [-0.3, -0.25) is 0 Å². The van der Waals surface area contributed by atoms with Crippen LogP contribution in [0.25, 0.3) is 0 Å². The van der Waals surface area contributed by atoms with Gasteiger partial charge in [-0.25, -0.2) is 0 Å². The van der Waals surface area contributed by atoms with E-state index >= 15 is 0 Å². The maximum absolute atomic E-state index is 8.90. The van der Waals surface area contributed by atoms with Crippen molar-refractivity contribution in [2.45, 2.75) is 26.2 Å². The molecule has 0 aliphatic heterocycles. The van der Waals surface area contributed by atoms with Gasteiger partial charge in [0.25, 0.3) is 0 Å². The summed E-state index contributed by atoms with van der Waals surface area (Å²) in [5.41, 5.74) is 0. The molecule has 0 radical (unpaired) electrons. The predicted molar refractivity (Wildman–Crippen MR) is 40.4 cm³/mol. The minimum atomic E-state index is -0.226. The molecular weight excluding hydrogens is 144 g/mol. The maximum Gasteiger partial charge on any atom is 0.333 e. The van der Waals surface area contributed by atoms with Gasteiger partial charge in [0.15, 0.2) is 5.82 Å². The van der Waals surface area contributed by atoms with Gasteiger partial charge in [0.05, 0.1) is 0 Å². The summed E-state index contributed by atoms with van der Waals surface area (Å²) in [4.78, 5) is 0. The Labute approximate surface area is 64.8 Å². The Hall–Kier alpha value is -1.26. The largest absolute Gasteiger partial charge is 0.478 e. The van der Waals surface area contributed by atoms with E-state index in [-0.39, 0.29) is 6.01 Å². The molecule has 1 aromatic rings. The zero-order valence-corrected chi connectivity index (χ0v) is 6.49. The molecule has 0 saturated carbocycles. The van der Waals surface area contributed by atoms with E-state index in [2.05, 4.69) is 17.1 Å². The number of nitrogens with zero attached hydrogens (tertiary/aromatic N) is 3. The molecule has 0 aromatic carbocycles. The standard InChI is InChI=1S/C6H12N4O/c1-2-3-4-5-8-9-6(11)10(5)7/h2-4,7H2,1H3,(H,9,11). The Bertz CT molecular complexity index is 232. The van der Waals surface area contributed by atoms with Crippen molar-refractivity contribution < 1.29 is 5.11 Å². The van der Waals surface area contributed by atoms with Gasteiger partial charge in [-0.1, -0.05) is 18.4 Å². The van der Waals surface area contributed by atoms with Crippen molar-refractivity contribution in [2.75, 3.05) is 5.84 Å². The van der Waals surface area contributed by atoms with Gasteiger partial charge in [0.1, 0.15) is 0 Å². The van der Waals surface area contributed by atoms with Crippen LogP contribution in [0, 0.1) is 0 Å². The van der Waals surface area contributed by atoms with Crippen molar-refractivity contribution in [2.24, 2.45) is 0 Å². The Kier molecular flexibility index (Phi) is 2.30.